The second kappa shape index (κ2) is 9.39. The normalized spacial score (nSPS) is 20.7. The molecule has 0 aliphatic carbocycles. The summed E-state index contributed by atoms with van der Waals surface area (Å²) in [6, 6.07) is 22.7. The Balaban J connectivity index is 1.41. The quantitative estimate of drug-likeness (QED) is 0.151. The lowest BCUT2D eigenvalue weighted by Crippen LogP contribution is -2.37. The topological polar surface area (TPSA) is 106 Å². The fraction of sp³-hybridized carbons (Fsp3) is 0.111. The number of hydrogen-bond acceptors (Lipinski definition) is 7. The summed E-state index contributed by atoms with van der Waals surface area (Å²) in [4.78, 5) is 45.0. The number of furan rings is 1. The van der Waals surface area contributed by atoms with Crippen LogP contribution in [0.5, 0.6) is 0 Å². The Morgan fingerprint density at radius 3 is 2.32 bits per heavy atom. The van der Waals surface area contributed by atoms with Gasteiger partial charge in [0.1, 0.15) is 23.5 Å². The number of amides is 2. The summed E-state index contributed by atoms with van der Waals surface area (Å²) in [7, 11) is 0. The molecule has 9 nitrogen and oxygen atoms in total. The lowest BCUT2D eigenvalue weighted by molar-refractivity contribution is -0.384. The van der Waals surface area contributed by atoms with Crippen LogP contribution >= 0.6 is 27.5 Å². The van der Waals surface area contributed by atoms with Crippen LogP contribution in [0.25, 0.3) is 11.3 Å². The number of carbonyl (C=O) groups is 2. The number of hydroxylamine groups is 1. The van der Waals surface area contributed by atoms with Gasteiger partial charge in [0.2, 0.25) is 5.91 Å². The summed E-state index contributed by atoms with van der Waals surface area (Å²) < 4.78 is 6.99. The van der Waals surface area contributed by atoms with Crippen LogP contribution in [0.3, 0.4) is 0 Å². The van der Waals surface area contributed by atoms with Crippen molar-refractivity contribution in [3.8, 4) is 11.3 Å². The first kappa shape index (κ1) is 24.4. The highest BCUT2D eigenvalue weighted by atomic mass is 79.9. The number of non-ortho nitro benzene ring substituents is 1. The SMILES string of the molecule is O=C1[C@@H]2[C@@H](ON(c3ccccc3)[C@H]2c2ccc(-c3ccc([N+](=O)[O-])cc3Cl)o2)C(=O)N1c1ccc(Br)cc1. The van der Waals surface area contributed by atoms with Crippen molar-refractivity contribution in [2.75, 3.05) is 9.96 Å². The van der Waals surface area contributed by atoms with Gasteiger partial charge in [-0.2, -0.15) is 0 Å². The third-order valence-corrected chi connectivity index (χ3v) is 7.40. The van der Waals surface area contributed by atoms with Crippen LogP contribution in [-0.2, 0) is 14.4 Å². The van der Waals surface area contributed by atoms with E-state index in [9.17, 15) is 19.7 Å². The Hall–Kier alpha value is -3.99. The van der Waals surface area contributed by atoms with E-state index in [1.165, 1.54) is 23.3 Å². The second-order valence-corrected chi connectivity index (χ2v) is 10.1. The largest absolute Gasteiger partial charge is 0.459 e. The zero-order chi connectivity index (χ0) is 26.6. The van der Waals surface area contributed by atoms with Gasteiger partial charge in [-0.3, -0.25) is 24.5 Å². The molecule has 0 bridgehead atoms. The maximum atomic E-state index is 13.7. The molecule has 1 aromatic heterocycles. The zero-order valence-electron chi connectivity index (χ0n) is 19.4. The van der Waals surface area contributed by atoms with E-state index in [-0.39, 0.29) is 10.7 Å². The van der Waals surface area contributed by atoms with E-state index in [1.807, 2.05) is 30.3 Å². The first-order chi connectivity index (χ1) is 18.3. The Morgan fingerprint density at radius 2 is 1.63 bits per heavy atom. The van der Waals surface area contributed by atoms with Gasteiger partial charge in [-0.15, -0.1) is 0 Å². The molecule has 3 heterocycles. The van der Waals surface area contributed by atoms with E-state index in [2.05, 4.69) is 15.9 Å². The van der Waals surface area contributed by atoms with Crippen LogP contribution < -0.4 is 9.96 Å². The molecule has 6 rings (SSSR count). The van der Waals surface area contributed by atoms with Gasteiger partial charge in [-0.05, 0) is 54.6 Å². The van der Waals surface area contributed by atoms with Gasteiger partial charge in [0.25, 0.3) is 11.6 Å². The highest BCUT2D eigenvalue weighted by Gasteiger charge is 2.61. The van der Waals surface area contributed by atoms with Crippen molar-refractivity contribution >= 4 is 56.4 Å². The molecule has 2 fully saturated rings. The summed E-state index contributed by atoms with van der Waals surface area (Å²) in [6.07, 6.45) is -1.05. The predicted octanol–water partition coefficient (Wildman–Crippen LogP) is 6.32. The fourth-order valence-corrected chi connectivity index (χ4v) is 5.35. The zero-order valence-corrected chi connectivity index (χ0v) is 21.7. The molecule has 38 heavy (non-hydrogen) atoms. The van der Waals surface area contributed by atoms with Crippen molar-refractivity contribution in [1.82, 2.24) is 0 Å². The van der Waals surface area contributed by atoms with Crippen molar-refractivity contribution in [3.63, 3.8) is 0 Å². The third-order valence-electron chi connectivity index (χ3n) is 6.56. The van der Waals surface area contributed by atoms with E-state index >= 15 is 0 Å². The van der Waals surface area contributed by atoms with Crippen LogP contribution in [0.15, 0.2) is 93.8 Å². The molecule has 0 radical (unpaired) electrons. The molecular weight excluding hydrogens is 578 g/mol. The molecule has 2 aliphatic heterocycles. The summed E-state index contributed by atoms with van der Waals surface area (Å²) in [6.45, 7) is 0. The minimum atomic E-state index is -1.05. The molecule has 190 valence electrons. The lowest BCUT2D eigenvalue weighted by Gasteiger charge is -2.27. The number of halogens is 2. The molecular formula is C27H17BrClN3O6. The van der Waals surface area contributed by atoms with Gasteiger partial charge in [0.05, 0.1) is 21.3 Å². The highest BCUT2D eigenvalue weighted by molar-refractivity contribution is 9.10. The van der Waals surface area contributed by atoms with Gasteiger partial charge >= 0.3 is 0 Å². The van der Waals surface area contributed by atoms with Crippen LogP contribution in [0, 0.1) is 16.0 Å². The first-order valence-corrected chi connectivity index (χ1v) is 12.7. The number of para-hydroxylation sites is 1. The molecule has 0 N–H and O–H groups in total. The molecule has 2 saturated heterocycles. The Bertz CT molecular complexity index is 1580. The van der Waals surface area contributed by atoms with Crippen LogP contribution in [0.2, 0.25) is 5.02 Å². The monoisotopic (exact) mass is 593 g/mol. The number of carbonyl (C=O) groups excluding carboxylic acids is 2. The fourth-order valence-electron chi connectivity index (χ4n) is 4.82. The molecule has 0 saturated carbocycles. The molecule has 3 atom stereocenters. The second-order valence-electron chi connectivity index (χ2n) is 8.77. The molecule has 4 aromatic rings. The number of nitro groups is 1. The van der Waals surface area contributed by atoms with Crippen molar-refractivity contribution in [1.29, 1.82) is 0 Å². The number of fused-ring (bicyclic) bond motifs is 1. The average molecular weight is 595 g/mol. The minimum absolute atomic E-state index is 0.143. The Labute approximate surface area is 229 Å². The first-order valence-electron chi connectivity index (χ1n) is 11.5. The van der Waals surface area contributed by atoms with Crippen molar-refractivity contribution in [2.24, 2.45) is 5.92 Å². The van der Waals surface area contributed by atoms with E-state index in [0.717, 1.165) is 9.37 Å². The Kier molecular flexibility index (Phi) is 6.02. The van der Waals surface area contributed by atoms with Crippen molar-refractivity contribution in [3.05, 3.63) is 110 Å². The smallest absolute Gasteiger partial charge is 0.270 e. The Morgan fingerprint density at radius 1 is 0.895 bits per heavy atom. The van der Waals surface area contributed by atoms with E-state index in [4.69, 9.17) is 20.9 Å². The van der Waals surface area contributed by atoms with Gasteiger partial charge < -0.3 is 4.42 Å². The molecule has 3 aromatic carbocycles. The maximum Gasteiger partial charge on any atom is 0.270 e. The van der Waals surface area contributed by atoms with Crippen molar-refractivity contribution in [2.45, 2.75) is 12.1 Å². The lowest BCUT2D eigenvalue weighted by atomic mass is 9.94. The van der Waals surface area contributed by atoms with Gasteiger partial charge in [-0.1, -0.05) is 45.7 Å². The van der Waals surface area contributed by atoms with E-state index < -0.39 is 34.8 Å². The number of anilines is 2. The summed E-state index contributed by atoms with van der Waals surface area (Å²) in [5.41, 5.74) is 1.41. The van der Waals surface area contributed by atoms with Crippen LogP contribution in [0.4, 0.5) is 17.1 Å². The predicted molar refractivity (Wildman–Crippen MR) is 142 cm³/mol. The maximum absolute atomic E-state index is 13.7. The number of imide groups is 1. The summed E-state index contributed by atoms with van der Waals surface area (Å²) in [5, 5.41) is 12.8. The highest BCUT2D eigenvalue weighted by Crippen LogP contribution is 2.48. The minimum Gasteiger partial charge on any atom is -0.459 e. The number of benzene rings is 3. The molecule has 2 aliphatic rings. The summed E-state index contributed by atoms with van der Waals surface area (Å²) in [5.74, 6) is -1.01. The van der Waals surface area contributed by atoms with Gasteiger partial charge in [-0.25, -0.2) is 9.96 Å². The van der Waals surface area contributed by atoms with Gasteiger partial charge in [0.15, 0.2) is 6.10 Å². The molecule has 2 amide bonds. The molecule has 11 heteroatoms. The van der Waals surface area contributed by atoms with Crippen LogP contribution in [0.1, 0.15) is 11.8 Å². The summed E-state index contributed by atoms with van der Waals surface area (Å²) >= 11 is 9.69. The van der Waals surface area contributed by atoms with Crippen molar-refractivity contribution < 1.29 is 23.8 Å². The number of rotatable bonds is 5. The number of nitrogens with zero attached hydrogens (tertiary/aromatic N) is 3. The molecule has 0 unspecified atom stereocenters. The van der Waals surface area contributed by atoms with E-state index in [0.29, 0.717) is 28.5 Å². The number of nitro benzene ring substituents is 1. The average Bonchev–Trinajstić information content (AvgIpc) is 3.60. The van der Waals surface area contributed by atoms with Gasteiger partial charge in [0, 0.05) is 22.2 Å². The van der Waals surface area contributed by atoms with Crippen LogP contribution in [-0.4, -0.2) is 22.8 Å². The number of hydrogen-bond donors (Lipinski definition) is 0. The molecule has 0 spiro atoms. The van der Waals surface area contributed by atoms with E-state index in [1.54, 1.807) is 36.4 Å². The standard InChI is InChI=1S/C27H17BrClN3O6/c28-15-6-8-16(9-7-15)30-26(33)23-24(31(38-25(23)27(30)34)17-4-2-1-3-5-17)22-13-12-21(37-22)19-11-10-18(32(35)36)14-20(19)29/h1-14,23-25H/t23-,24-,25+/m0/s1. The third kappa shape index (κ3) is 3.97.